The molecule has 2 aliphatic heterocycles. The number of sulfone groups is 1. The molecule has 1 unspecified atom stereocenters. The van der Waals surface area contributed by atoms with Crippen molar-refractivity contribution in [3.8, 4) is 0 Å². The van der Waals surface area contributed by atoms with E-state index in [1.807, 2.05) is 13.0 Å². The highest BCUT2D eigenvalue weighted by atomic mass is 32.2. The Morgan fingerprint density at radius 1 is 1.30 bits per heavy atom. The van der Waals surface area contributed by atoms with Crippen molar-refractivity contribution in [3.05, 3.63) is 44.7 Å². The van der Waals surface area contributed by atoms with Crippen LogP contribution in [0.2, 0.25) is 0 Å². The van der Waals surface area contributed by atoms with Crippen LogP contribution in [0.15, 0.2) is 28.0 Å². The molecule has 0 radical (unpaired) electrons. The molecule has 0 saturated carbocycles. The van der Waals surface area contributed by atoms with Crippen LogP contribution in [0.4, 0.5) is 5.82 Å². The molecule has 0 spiro atoms. The minimum atomic E-state index is -3.17. The molecule has 0 bridgehead atoms. The van der Waals surface area contributed by atoms with Crippen LogP contribution in [0, 0.1) is 6.92 Å². The molecule has 4 heterocycles. The van der Waals surface area contributed by atoms with Gasteiger partial charge in [0.2, 0.25) is 0 Å². The maximum atomic E-state index is 13.4. The Balaban J connectivity index is 1.73. The molecule has 2 aromatic rings. The van der Waals surface area contributed by atoms with Gasteiger partial charge in [-0.3, -0.25) is 18.9 Å². The first kappa shape index (κ1) is 23.9. The lowest BCUT2D eigenvalue weighted by atomic mass is 10.2. The Bertz CT molecular complexity index is 1320. The number of hydrogen-bond acceptors (Lipinski definition) is 8. The lowest BCUT2D eigenvalue weighted by Crippen LogP contribution is -2.39. The quantitative estimate of drug-likeness (QED) is 0.348. The third-order valence-corrected chi connectivity index (χ3v) is 8.83. The van der Waals surface area contributed by atoms with E-state index < -0.39 is 15.9 Å². The molecule has 176 valence electrons. The zero-order chi connectivity index (χ0) is 23.8. The van der Waals surface area contributed by atoms with E-state index in [0.29, 0.717) is 33.7 Å². The van der Waals surface area contributed by atoms with Crippen molar-refractivity contribution in [2.45, 2.75) is 45.6 Å². The molecule has 0 aromatic carbocycles. The third-order valence-electron chi connectivity index (χ3n) is 5.75. The first-order valence-electron chi connectivity index (χ1n) is 10.9. The van der Waals surface area contributed by atoms with Crippen molar-refractivity contribution in [3.63, 3.8) is 0 Å². The Morgan fingerprint density at radius 2 is 2.09 bits per heavy atom. The highest BCUT2D eigenvalue weighted by Crippen LogP contribution is 2.36. The number of fused-ring (bicyclic) bond motifs is 1. The van der Waals surface area contributed by atoms with Crippen LogP contribution in [-0.2, 0) is 14.6 Å². The van der Waals surface area contributed by atoms with E-state index in [1.54, 1.807) is 12.3 Å². The zero-order valence-corrected chi connectivity index (χ0v) is 21.0. The van der Waals surface area contributed by atoms with Crippen molar-refractivity contribution in [1.29, 1.82) is 0 Å². The first-order valence-corrected chi connectivity index (χ1v) is 14.0. The summed E-state index contributed by atoms with van der Waals surface area (Å²) in [7, 11) is -3.17. The van der Waals surface area contributed by atoms with Crippen LogP contribution in [0.25, 0.3) is 11.7 Å². The molecule has 2 aromatic heterocycles. The topological polar surface area (TPSA) is 101 Å². The summed E-state index contributed by atoms with van der Waals surface area (Å²) in [5.41, 5.74) is 1.43. The Hall–Kier alpha value is -2.24. The minimum absolute atomic E-state index is 0.0505. The molecule has 1 N–H and O–H groups in total. The summed E-state index contributed by atoms with van der Waals surface area (Å²) in [4.78, 5) is 32.9. The van der Waals surface area contributed by atoms with Crippen molar-refractivity contribution < 1.29 is 13.2 Å². The van der Waals surface area contributed by atoms with Gasteiger partial charge in [0, 0.05) is 12.7 Å². The van der Waals surface area contributed by atoms with E-state index in [4.69, 9.17) is 12.2 Å². The standard InChI is InChI=1S/C22H26N4O4S3/c1-3-4-5-9-23-19-16(20(27)25-12-14(2)6-7-18(25)24-19)11-17-21(28)26(22(31)32-17)15-8-10-33(29,30)13-15/h6-7,11-12,15,23H,3-5,8-10,13H2,1-2H3/b17-11+. The predicted octanol–water partition coefficient (Wildman–Crippen LogP) is 2.99. The molecule has 2 aliphatic rings. The van der Waals surface area contributed by atoms with Gasteiger partial charge < -0.3 is 5.32 Å². The number of aromatic nitrogens is 2. The summed E-state index contributed by atoms with van der Waals surface area (Å²) in [6, 6.07) is 3.22. The number of nitrogens with zero attached hydrogens (tertiary/aromatic N) is 3. The number of amides is 1. The van der Waals surface area contributed by atoms with Crippen LogP contribution >= 0.6 is 24.0 Å². The van der Waals surface area contributed by atoms with Gasteiger partial charge in [-0.15, -0.1) is 0 Å². The maximum Gasteiger partial charge on any atom is 0.267 e. The normalized spacial score (nSPS) is 21.5. The molecule has 0 aliphatic carbocycles. The first-order chi connectivity index (χ1) is 15.7. The van der Waals surface area contributed by atoms with Gasteiger partial charge in [0.1, 0.15) is 15.8 Å². The van der Waals surface area contributed by atoms with Gasteiger partial charge in [0.15, 0.2) is 9.84 Å². The van der Waals surface area contributed by atoms with E-state index in [-0.39, 0.29) is 28.5 Å². The number of unbranched alkanes of at least 4 members (excludes halogenated alkanes) is 2. The number of pyridine rings is 1. The maximum absolute atomic E-state index is 13.4. The van der Waals surface area contributed by atoms with Gasteiger partial charge in [0.05, 0.1) is 28.0 Å². The molecule has 33 heavy (non-hydrogen) atoms. The molecule has 8 nitrogen and oxygen atoms in total. The van der Waals surface area contributed by atoms with Crippen LogP contribution in [-0.4, -0.2) is 57.0 Å². The highest BCUT2D eigenvalue weighted by Gasteiger charge is 2.42. The Labute approximate surface area is 202 Å². The lowest BCUT2D eigenvalue weighted by molar-refractivity contribution is -0.123. The molecule has 4 rings (SSSR count). The number of thiocarbonyl (C=S) groups is 1. The monoisotopic (exact) mass is 506 g/mol. The fourth-order valence-electron chi connectivity index (χ4n) is 4.01. The summed E-state index contributed by atoms with van der Waals surface area (Å²) in [5.74, 6) is 0.0251. The molecular formula is C22H26N4O4S3. The number of anilines is 1. The van der Waals surface area contributed by atoms with E-state index in [2.05, 4.69) is 17.2 Å². The van der Waals surface area contributed by atoms with Gasteiger partial charge in [-0.2, -0.15) is 0 Å². The second-order valence-corrected chi connectivity index (χ2v) is 12.3. The van der Waals surface area contributed by atoms with Crippen molar-refractivity contribution in [1.82, 2.24) is 14.3 Å². The summed E-state index contributed by atoms with van der Waals surface area (Å²) in [6.45, 7) is 4.67. The Morgan fingerprint density at radius 3 is 2.79 bits per heavy atom. The van der Waals surface area contributed by atoms with Crippen molar-refractivity contribution in [2.24, 2.45) is 0 Å². The van der Waals surface area contributed by atoms with Crippen molar-refractivity contribution >= 4 is 61.6 Å². The summed E-state index contributed by atoms with van der Waals surface area (Å²) in [6.07, 6.45) is 6.68. The molecule has 1 amide bonds. The number of hydrogen-bond donors (Lipinski definition) is 1. The molecular weight excluding hydrogens is 480 g/mol. The van der Waals surface area contributed by atoms with Gasteiger partial charge in [0.25, 0.3) is 11.5 Å². The third kappa shape index (κ3) is 4.99. The van der Waals surface area contributed by atoms with Gasteiger partial charge >= 0.3 is 0 Å². The molecule has 2 saturated heterocycles. The van der Waals surface area contributed by atoms with E-state index in [1.165, 1.54) is 15.4 Å². The largest absolute Gasteiger partial charge is 0.369 e. The van der Waals surface area contributed by atoms with E-state index in [0.717, 1.165) is 36.6 Å². The number of nitrogens with one attached hydrogen (secondary N) is 1. The summed E-state index contributed by atoms with van der Waals surface area (Å²) >= 11 is 6.49. The summed E-state index contributed by atoms with van der Waals surface area (Å²) in [5, 5.41) is 3.26. The number of rotatable bonds is 7. The molecule has 11 heteroatoms. The SMILES string of the molecule is CCCCCNc1nc2ccc(C)cn2c(=O)c1/C=C1/SC(=S)N(C2CCS(=O)(=O)C2)C1=O. The van der Waals surface area contributed by atoms with E-state index >= 15 is 0 Å². The minimum Gasteiger partial charge on any atom is -0.369 e. The average Bonchev–Trinajstić information content (AvgIpc) is 3.25. The number of thioether (sulfide) groups is 1. The molecule has 2 fully saturated rings. The highest BCUT2D eigenvalue weighted by molar-refractivity contribution is 8.26. The zero-order valence-electron chi connectivity index (χ0n) is 18.5. The van der Waals surface area contributed by atoms with Gasteiger partial charge in [-0.25, -0.2) is 13.4 Å². The lowest BCUT2D eigenvalue weighted by Gasteiger charge is -2.20. The van der Waals surface area contributed by atoms with Gasteiger partial charge in [-0.1, -0.05) is 49.8 Å². The number of carbonyl (C=O) groups is 1. The van der Waals surface area contributed by atoms with Crippen LogP contribution in [0.1, 0.15) is 43.7 Å². The average molecular weight is 507 g/mol. The fraction of sp³-hybridized carbons (Fsp3) is 0.455. The fourth-order valence-corrected chi connectivity index (χ4v) is 7.09. The smallest absolute Gasteiger partial charge is 0.267 e. The van der Waals surface area contributed by atoms with E-state index in [9.17, 15) is 18.0 Å². The van der Waals surface area contributed by atoms with Crippen LogP contribution < -0.4 is 10.9 Å². The van der Waals surface area contributed by atoms with Crippen LogP contribution in [0.3, 0.4) is 0 Å². The number of carbonyl (C=O) groups excluding carboxylic acids is 1. The Kier molecular flexibility index (Phi) is 6.92. The van der Waals surface area contributed by atoms with Gasteiger partial charge in [-0.05, 0) is 37.5 Å². The van der Waals surface area contributed by atoms with Crippen molar-refractivity contribution in [2.75, 3.05) is 23.4 Å². The predicted molar refractivity (Wildman–Crippen MR) is 136 cm³/mol. The summed E-state index contributed by atoms with van der Waals surface area (Å²) < 4.78 is 25.6. The second kappa shape index (κ2) is 9.55. The second-order valence-electron chi connectivity index (χ2n) is 8.36. The molecule has 1 atom stereocenters. The van der Waals surface area contributed by atoms with Crippen LogP contribution in [0.5, 0.6) is 0 Å². The number of aryl methyl sites for hydroxylation is 1.